The van der Waals surface area contributed by atoms with Crippen LogP contribution in [0.15, 0.2) is 18.2 Å². The predicted molar refractivity (Wildman–Crippen MR) is 86.5 cm³/mol. The molecule has 2 fully saturated rings. The molecule has 2 atom stereocenters. The van der Waals surface area contributed by atoms with E-state index in [1.54, 1.807) is 6.07 Å². The number of fused-ring (bicyclic) bond motifs is 1. The zero-order chi connectivity index (χ0) is 15.5. The Morgan fingerprint density at radius 1 is 1.27 bits per heavy atom. The summed E-state index contributed by atoms with van der Waals surface area (Å²) >= 11 is 5.71. The maximum atomic E-state index is 13.7. The van der Waals surface area contributed by atoms with Crippen LogP contribution < -0.4 is 5.32 Å². The van der Waals surface area contributed by atoms with E-state index in [4.69, 9.17) is 11.6 Å². The summed E-state index contributed by atoms with van der Waals surface area (Å²) in [4.78, 5) is 14.3. The van der Waals surface area contributed by atoms with E-state index in [0.29, 0.717) is 11.6 Å². The minimum Gasteiger partial charge on any atom is -0.322 e. The van der Waals surface area contributed by atoms with Crippen LogP contribution in [-0.2, 0) is 4.79 Å². The highest BCUT2D eigenvalue weighted by molar-refractivity contribution is 6.30. The maximum Gasteiger partial charge on any atom is 0.238 e. The Kier molecular flexibility index (Phi) is 4.99. The summed E-state index contributed by atoms with van der Waals surface area (Å²) in [5, 5.41) is 2.97. The Hall–Kier alpha value is -1.13. The molecule has 1 saturated heterocycles. The van der Waals surface area contributed by atoms with Crippen LogP contribution >= 0.6 is 11.6 Å². The van der Waals surface area contributed by atoms with E-state index in [9.17, 15) is 9.18 Å². The van der Waals surface area contributed by atoms with Crippen LogP contribution in [0, 0.1) is 17.7 Å². The number of carbonyl (C=O) groups excluding carboxylic acids is 1. The first-order chi connectivity index (χ1) is 10.6. The first kappa shape index (κ1) is 15.8. The second-order valence-corrected chi connectivity index (χ2v) is 6.94. The molecule has 0 radical (unpaired) electrons. The van der Waals surface area contributed by atoms with E-state index >= 15 is 0 Å². The van der Waals surface area contributed by atoms with Gasteiger partial charge in [-0.2, -0.15) is 0 Å². The van der Waals surface area contributed by atoms with Crippen molar-refractivity contribution in [2.45, 2.75) is 32.1 Å². The Morgan fingerprint density at radius 3 is 2.82 bits per heavy atom. The largest absolute Gasteiger partial charge is 0.322 e. The van der Waals surface area contributed by atoms with Gasteiger partial charge < -0.3 is 5.32 Å². The average molecular weight is 325 g/mol. The van der Waals surface area contributed by atoms with Crippen LogP contribution in [0.1, 0.15) is 32.1 Å². The van der Waals surface area contributed by atoms with Crippen LogP contribution in [-0.4, -0.2) is 30.4 Å². The van der Waals surface area contributed by atoms with Crippen LogP contribution in [0.25, 0.3) is 0 Å². The van der Waals surface area contributed by atoms with Crippen LogP contribution in [0.5, 0.6) is 0 Å². The van der Waals surface area contributed by atoms with Crippen molar-refractivity contribution in [2.24, 2.45) is 11.8 Å². The van der Waals surface area contributed by atoms with Gasteiger partial charge >= 0.3 is 0 Å². The van der Waals surface area contributed by atoms with Gasteiger partial charge in [0.25, 0.3) is 0 Å². The first-order valence-corrected chi connectivity index (χ1v) is 8.47. The third kappa shape index (κ3) is 3.79. The van der Waals surface area contributed by atoms with Gasteiger partial charge in [0.05, 0.1) is 12.2 Å². The minimum atomic E-state index is -0.494. The van der Waals surface area contributed by atoms with Crippen molar-refractivity contribution in [3.05, 3.63) is 29.0 Å². The second-order valence-electron chi connectivity index (χ2n) is 6.50. The average Bonchev–Trinajstić information content (AvgIpc) is 2.50. The highest BCUT2D eigenvalue weighted by Crippen LogP contribution is 2.35. The quantitative estimate of drug-likeness (QED) is 0.913. The summed E-state index contributed by atoms with van der Waals surface area (Å²) in [5.41, 5.74) is 0.196. The Morgan fingerprint density at radius 2 is 2.05 bits per heavy atom. The number of amides is 1. The summed E-state index contributed by atoms with van der Waals surface area (Å²) in [6.45, 7) is 2.31. The maximum absolute atomic E-state index is 13.7. The lowest BCUT2D eigenvalue weighted by Crippen LogP contribution is -2.44. The molecule has 1 heterocycles. The molecular weight excluding hydrogens is 303 g/mol. The number of nitrogens with one attached hydrogen (secondary N) is 1. The molecule has 3 rings (SSSR count). The van der Waals surface area contributed by atoms with Crippen molar-refractivity contribution in [1.82, 2.24) is 4.90 Å². The molecule has 1 saturated carbocycles. The number of likely N-dealkylation sites (tertiary alicyclic amines) is 1. The molecule has 1 aromatic carbocycles. The monoisotopic (exact) mass is 324 g/mol. The van der Waals surface area contributed by atoms with E-state index in [0.717, 1.165) is 24.9 Å². The van der Waals surface area contributed by atoms with Gasteiger partial charge in [0.2, 0.25) is 5.91 Å². The molecule has 1 aliphatic heterocycles. The topological polar surface area (TPSA) is 32.3 Å². The smallest absolute Gasteiger partial charge is 0.238 e. The van der Waals surface area contributed by atoms with Crippen molar-refractivity contribution in [3.8, 4) is 0 Å². The summed E-state index contributed by atoms with van der Waals surface area (Å²) in [5.74, 6) is 0.937. The van der Waals surface area contributed by atoms with Crippen molar-refractivity contribution < 1.29 is 9.18 Å². The number of rotatable bonds is 3. The highest BCUT2D eigenvalue weighted by atomic mass is 35.5. The molecular formula is C17H22ClFN2O. The van der Waals surface area contributed by atoms with Gasteiger partial charge in [0.15, 0.2) is 0 Å². The third-order valence-electron chi connectivity index (χ3n) is 4.95. The van der Waals surface area contributed by atoms with Crippen molar-refractivity contribution in [2.75, 3.05) is 25.0 Å². The number of anilines is 1. The number of hydrogen-bond acceptors (Lipinski definition) is 2. The Balaban J connectivity index is 1.53. The molecule has 0 bridgehead atoms. The lowest BCUT2D eigenvalue weighted by Gasteiger charge is -2.41. The van der Waals surface area contributed by atoms with Crippen molar-refractivity contribution >= 4 is 23.2 Å². The van der Waals surface area contributed by atoms with Crippen molar-refractivity contribution in [1.29, 1.82) is 0 Å². The summed E-state index contributed by atoms with van der Waals surface area (Å²) in [6, 6.07) is 4.29. The van der Waals surface area contributed by atoms with E-state index in [-0.39, 0.29) is 11.6 Å². The van der Waals surface area contributed by atoms with Gasteiger partial charge in [0.1, 0.15) is 5.82 Å². The lowest BCUT2D eigenvalue weighted by atomic mass is 9.75. The molecule has 1 N–H and O–H groups in total. The van der Waals surface area contributed by atoms with Gasteiger partial charge in [-0.25, -0.2) is 4.39 Å². The first-order valence-electron chi connectivity index (χ1n) is 8.09. The van der Waals surface area contributed by atoms with Gasteiger partial charge in [-0.3, -0.25) is 9.69 Å². The highest BCUT2D eigenvalue weighted by Gasteiger charge is 2.31. The molecule has 2 aliphatic rings. The number of carbonyl (C=O) groups is 1. The fraction of sp³-hybridized carbons (Fsp3) is 0.588. The molecule has 3 nitrogen and oxygen atoms in total. The number of hydrogen-bond donors (Lipinski definition) is 1. The molecule has 22 heavy (non-hydrogen) atoms. The van der Waals surface area contributed by atoms with Gasteiger partial charge in [0, 0.05) is 11.6 Å². The lowest BCUT2D eigenvalue weighted by molar-refractivity contribution is -0.118. The second kappa shape index (κ2) is 6.97. The molecule has 5 heteroatoms. The number of nitrogens with zero attached hydrogens (tertiary/aromatic N) is 1. The number of benzene rings is 1. The summed E-state index contributed by atoms with van der Waals surface area (Å²) in [7, 11) is 0. The Labute approximate surface area is 135 Å². The van der Waals surface area contributed by atoms with E-state index < -0.39 is 5.82 Å². The van der Waals surface area contributed by atoms with E-state index in [2.05, 4.69) is 10.2 Å². The SMILES string of the molecule is O=C(CN1CC[C@@H]2CCCC[C@@H]2C1)Nc1ccc(Cl)cc1F. The summed E-state index contributed by atoms with van der Waals surface area (Å²) < 4.78 is 13.7. The molecule has 0 aromatic heterocycles. The van der Waals surface area contributed by atoms with Crippen LogP contribution in [0.4, 0.5) is 10.1 Å². The van der Waals surface area contributed by atoms with Gasteiger partial charge in [-0.1, -0.05) is 30.9 Å². The number of piperidine rings is 1. The molecule has 0 unspecified atom stereocenters. The molecule has 1 aromatic rings. The fourth-order valence-electron chi connectivity index (χ4n) is 3.80. The zero-order valence-electron chi connectivity index (χ0n) is 12.7. The molecule has 120 valence electrons. The third-order valence-corrected chi connectivity index (χ3v) is 5.18. The predicted octanol–water partition coefficient (Wildman–Crippen LogP) is 3.93. The van der Waals surface area contributed by atoms with Crippen molar-refractivity contribution in [3.63, 3.8) is 0 Å². The Bertz CT molecular complexity index is 551. The zero-order valence-corrected chi connectivity index (χ0v) is 13.4. The van der Waals surface area contributed by atoms with Crippen LogP contribution in [0.2, 0.25) is 5.02 Å². The van der Waals surface area contributed by atoms with Gasteiger partial charge in [-0.05, 0) is 49.4 Å². The fourth-order valence-corrected chi connectivity index (χ4v) is 3.96. The molecule has 1 aliphatic carbocycles. The van der Waals surface area contributed by atoms with E-state index in [1.165, 1.54) is 44.2 Å². The molecule has 1 amide bonds. The normalized spacial score (nSPS) is 25.5. The standard InChI is InChI=1S/C17H22ClFN2O/c18-14-5-6-16(15(19)9-14)20-17(22)11-21-8-7-12-3-1-2-4-13(12)10-21/h5-6,9,12-13H,1-4,7-8,10-11H2,(H,20,22)/t12-,13+/m0/s1. The van der Waals surface area contributed by atoms with Gasteiger partial charge in [-0.15, -0.1) is 0 Å². The molecule has 0 spiro atoms. The van der Waals surface area contributed by atoms with E-state index in [1.807, 2.05) is 0 Å². The minimum absolute atomic E-state index is 0.157. The summed E-state index contributed by atoms with van der Waals surface area (Å²) in [6.07, 6.45) is 6.50. The van der Waals surface area contributed by atoms with Crippen LogP contribution in [0.3, 0.4) is 0 Å². The number of halogens is 2.